The van der Waals surface area contributed by atoms with Gasteiger partial charge < -0.3 is 10.4 Å². The maximum absolute atomic E-state index is 13.0. The van der Waals surface area contributed by atoms with Gasteiger partial charge in [-0.25, -0.2) is 4.39 Å². The molecule has 1 aliphatic rings. The summed E-state index contributed by atoms with van der Waals surface area (Å²) in [5.41, 5.74) is 0.695. The lowest BCUT2D eigenvalue weighted by Gasteiger charge is -2.10. The Morgan fingerprint density at radius 1 is 1.32 bits per heavy atom. The highest BCUT2D eigenvalue weighted by Gasteiger charge is 2.33. The summed E-state index contributed by atoms with van der Waals surface area (Å²) < 4.78 is 13.0. The van der Waals surface area contributed by atoms with Crippen molar-refractivity contribution >= 4 is 11.9 Å². The van der Waals surface area contributed by atoms with E-state index in [1.54, 1.807) is 12.1 Å². The lowest BCUT2D eigenvalue weighted by Crippen LogP contribution is -2.29. The summed E-state index contributed by atoms with van der Waals surface area (Å²) >= 11 is 0. The van der Waals surface area contributed by atoms with Crippen LogP contribution in [0, 0.1) is 17.7 Å². The van der Waals surface area contributed by atoms with Gasteiger partial charge in [0, 0.05) is 12.5 Å². The van der Waals surface area contributed by atoms with Crippen molar-refractivity contribution in [2.75, 3.05) is 0 Å². The number of aliphatic carboxylic acids is 1. The number of carboxylic acid groups (broad SMARTS) is 1. The topological polar surface area (TPSA) is 66.4 Å². The van der Waals surface area contributed by atoms with E-state index in [0.717, 1.165) is 0 Å². The summed E-state index contributed by atoms with van der Waals surface area (Å²) in [5.74, 6) is -1.97. The number of carboxylic acids is 1. The Balaban J connectivity index is 1.84. The van der Waals surface area contributed by atoms with E-state index in [1.807, 2.05) is 0 Å². The Kier molecular flexibility index (Phi) is 4.14. The summed E-state index contributed by atoms with van der Waals surface area (Å²) in [6.45, 7) is 0.269. The number of carbonyl (C=O) groups excluding carboxylic acids is 1. The molecule has 4 nitrogen and oxygen atoms in total. The van der Waals surface area contributed by atoms with Crippen LogP contribution in [-0.4, -0.2) is 17.0 Å². The van der Waals surface area contributed by atoms with E-state index in [4.69, 9.17) is 5.11 Å². The number of amides is 1. The molecule has 1 aromatic carbocycles. The molecule has 19 heavy (non-hydrogen) atoms. The quantitative estimate of drug-likeness (QED) is 0.874. The molecular formula is C14H16FNO3. The summed E-state index contributed by atoms with van der Waals surface area (Å²) in [7, 11) is 0. The molecule has 2 unspecified atom stereocenters. The highest BCUT2D eigenvalue weighted by atomic mass is 19.1. The lowest BCUT2D eigenvalue weighted by molar-refractivity contribution is -0.141. The van der Waals surface area contributed by atoms with Crippen LogP contribution >= 0.6 is 0 Å². The van der Waals surface area contributed by atoms with E-state index >= 15 is 0 Å². The summed E-state index contributed by atoms with van der Waals surface area (Å²) in [6, 6.07) is 6.04. The molecule has 0 heterocycles. The Morgan fingerprint density at radius 2 is 2.05 bits per heavy atom. The lowest BCUT2D eigenvalue weighted by atomic mass is 10.0. The average Bonchev–Trinajstić information content (AvgIpc) is 2.86. The van der Waals surface area contributed by atoms with Crippen molar-refractivity contribution in [1.82, 2.24) is 5.32 Å². The minimum absolute atomic E-state index is 0.145. The molecule has 1 saturated carbocycles. The van der Waals surface area contributed by atoms with Gasteiger partial charge in [0.25, 0.3) is 0 Å². The van der Waals surface area contributed by atoms with Gasteiger partial charge in [-0.2, -0.15) is 0 Å². The fourth-order valence-corrected chi connectivity index (χ4v) is 2.42. The molecule has 5 heteroatoms. The summed E-state index contributed by atoms with van der Waals surface area (Å²) in [4.78, 5) is 22.7. The number of hydrogen-bond donors (Lipinski definition) is 2. The van der Waals surface area contributed by atoms with Gasteiger partial charge in [-0.15, -0.1) is 0 Å². The second-order valence-electron chi connectivity index (χ2n) is 4.89. The standard InChI is InChI=1S/C14H16FNO3/c15-12-3-1-2-9(6-12)8-16-13(17)10-4-5-11(7-10)14(18)19/h1-3,6,10-11H,4-5,7-8H2,(H,16,17)(H,18,19). The first-order chi connectivity index (χ1) is 9.06. The Morgan fingerprint density at radius 3 is 2.68 bits per heavy atom. The molecule has 2 N–H and O–H groups in total. The van der Waals surface area contributed by atoms with Crippen molar-refractivity contribution in [2.24, 2.45) is 11.8 Å². The highest BCUT2D eigenvalue weighted by Crippen LogP contribution is 2.31. The zero-order chi connectivity index (χ0) is 13.8. The predicted molar refractivity (Wildman–Crippen MR) is 66.7 cm³/mol. The van der Waals surface area contributed by atoms with Crippen molar-refractivity contribution in [3.63, 3.8) is 0 Å². The number of rotatable bonds is 4. The van der Waals surface area contributed by atoms with E-state index < -0.39 is 11.9 Å². The second kappa shape index (κ2) is 5.82. The zero-order valence-corrected chi connectivity index (χ0v) is 10.4. The van der Waals surface area contributed by atoms with E-state index in [1.165, 1.54) is 12.1 Å². The number of hydrogen-bond acceptors (Lipinski definition) is 2. The second-order valence-corrected chi connectivity index (χ2v) is 4.89. The smallest absolute Gasteiger partial charge is 0.306 e. The first-order valence-electron chi connectivity index (χ1n) is 6.31. The SMILES string of the molecule is O=C(O)C1CCC(C(=O)NCc2cccc(F)c2)C1. The fourth-order valence-electron chi connectivity index (χ4n) is 2.42. The van der Waals surface area contributed by atoms with Crippen LogP contribution in [0.1, 0.15) is 24.8 Å². The molecule has 0 saturated heterocycles. The van der Waals surface area contributed by atoms with E-state index in [2.05, 4.69) is 5.32 Å². The van der Waals surface area contributed by atoms with Crippen molar-refractivity contribution in [2.45, 2.75) is 25.8 Å². The van der Waals surface area contributed by atoms with Crippen molar-refractivity contribution in [3.8, 4) is 0 Å². The van der Waals surface area contributed by atoms with Crippen LogP contribution in [-0.2, 0) is 16.1 Å². The van der Waals surface area contributed by atoms with Crippen LogP contribution in [0.3, 0.4) is 0 Å². The molecule has 1 aliphatic carbocycles. The van der Waals surface area contributed by atoms with Gasteiger partial charge in [0.05, 0.1) is 5.92 Å². The maximum Gasteiger partial charge on any atom is 0.306 e. The monoisotopic (exact) mass is 265 g/mol. The normalized spacial score (nSPS) is 22.2. The summed E-state index contributed by atoms with van der Waals surface area (Å²) in [5, 5.41) is 11.6. The summed E-state index contributed by atoms with van der Waals surface area (Å²) in [6.07, 6.45) is 1.55. The largest absolute Gasteiger partial charge is 0.481 e. The number of nitrogens with one attached hydrogen (secondary N) is 1. The zero-order valence-electron chi connectivity index (χ0n) is 10.4. The molecule has 0 aliphatic heterocycles. The molecule has 0 bridgehead atoms. The number of halogens is 1. The van der Waals surface area contributed by atoms with Crippen LogP contribution in [0.4, 0.5) is 4.39 Å². The van der Waals surface area contributed by atoms with E-state index in [0.29, 0.717) is 24.8 Å². The maximum atomic E-state index is 13.0. The Hall–Kier alpha value is -1.91. The van der Waals surface area contributed by atoms with Gasteiger partial charge in [0.1, 0.15) is 5.82 Å². The average molecular weight is 265 g/mol. The minimum Gasteiger partial charge on any atom is -0.481 e. The Labute approximate surface area is 110 Å². The van der Waals surface area contributed by atoms with Gasteiger partial charge in [-0.05, 0) is 37.0 Å². The molecule has 0 spiro atoms. The van der Waals surface area contributed by atoms with Gasteiger partial charge >= 0.3 is 5.97 Å². The first kappa shape index (κ1) is 13.5. The Bertz CT molecular complexity index is 489. The molecule has 102 valence electrons. The third kappa shape index (κ3) is 3.53. The van der Waals surface area contributed by atoms with Crippen LogP contribution < -0.4 is 5.32 Å². The molecule has 1 fully saturated rings. The molecule has 0 radical (unpaired) electrons. The van der Waals surface area contributed by atoms with Gasteiger partial charge in [0.2, 0.25) is 5.91 Å². The molecule has 2 atom stereocenters. The number of carbonyl (C=O) groups is 2. The highest BCUT2D eigenvalue weighted by molar-refractivity contribution is 5.80. The number of benzene rings is 1. The van der Waals surface area contributed by atoms with Gasteiger partial charge in [-0.3, -0.25) is 9.59 Å². The fraction of sp³-hybridized carbons (Fsp3) is 0.429. The van der Waals surface area contributed by atoms with E-state index in [-0.39, 0.29) is 24.2 Å². The van der Waals surface area contributed by atoms with E-state index in [9.17, 15) is 14.0 Å². The van der Waals surface area contributed by atoms with Crippen LogP contribution in [0.15, 0.2) is 24.3 Å². The van der Waals surface area contributed by atoms with Gasteiger partial charge in [0.15, 0.2) is 0 Å². The molecule has 1 amide bonds. The molecule has 2 rings (SSSR count). The van der Waals surface area contributed by atoms with Crippen molar-refractivity contribution in [3.05, 3.63) is 35.6 Å². The third-order valence-electron chi connectivity index (χ3n) is 3.51. The van der Waals surface area contributed by atoms with Gasteiger partial charge in [-0.1, -0.05) is 12.1 Å². The van der Waals surface area contributed by atoms with Crippen molar-refractivity contribution < 1.29 is 19.1 Å². The minimum atomic E-state index is -0.833. The van der Waals surface area contributed by atoms with Crippen LogP contribution in [0.5, 0.6) is 0 Å². The van der Waals surface area contributed by atoms with Crippen molar-refractivity contribution in [1.29, 1.82) is 0 Å². The molecular weight excluding hydrogens is 249 g/mol. The first-order valence-corrected chi connectivity index (χ1v) is 6.31. The van der Waals surface area contributed by atoms with Crippen LogP contribution in [0.25, 0.3) is 0 Å². The molecule has 0 aromatic heterocycles. The predicted octanol–water partition coefficient (Wildman–Crippen LogP) is 1.94. The third-order valence-corrected chi connectivity index (χ3v) is 3.51. The van der Waals surface area contributed by atoms with Crippen LogP contribution in [0.2, 0.25) is 0 Å². The molecule has 1 aromatic rings.